The number of hydrogen-bond donors (Lipinski definition) is 2. The molecule has 108 valence electrons. The second kappa shape index (κ2) is 6.55. The summed E-state index contributed by atoms with van der Waals surface area (Å²) in [6, 6.07) is 0.254. The lowest BCUT2D eigenvalue weighted by atomic mass is 10.4. The van der Waals surface area contributed by atoms with Crippen LogP contribution in [-0.2, 0) is 17.9 Å². The molecule has 1 rings (SSSR count). The number of nitrogens with zero attached hydrogens (tertiary/aromatic N) is 2. The molecule has 0 saturated carbocycles. The molecule has 2 N–H and O–H groups in total. The van der Waals surface area contributed by atoms with E-state index in [9.17, 15) is 18.0 Å². The summed E-state index contributed by atoms with van der Waals surface area (Å²) < 4.78 is 37.3. The number of nitrogens with one attached hydrogen (secondary N) is 2. The maximum absolute atomic E-state index is 11.9. The number of halogens is 3. The minimum absolute atomic E-state index is 0.175. The van der Waals surface area contributed by atoms with Gasteiger partial charge >= 0.3 is 6.18 Å². The van der Waals surface area contributed by atoms with Crippen molar-refractivity contribution in [2.75, 3.05) is 6.54 Å². The van der Waals surface area contributed by atoms with E-state index in [2.05, 4.69) is 10.3 Å². The summed E-state index contributed by atoms with van der Waals surface area (Å²) in [4.78, 5) is 15.4. The van der Waals surface area contributed by atoms with E-state index in [1.807, 2.05) is 19.2 Å². The summed E-state index contributed by atoms with van der Waals surface area (Å²) in [7, 11) is 0. The predicted molar refractivity (Wildman–Crippen MR) is 63.3 cm³/mol. The van der Waals surface area contributed by atoms with Crippen molar-refractivity contribution in [3.05, 3.63) is 18.2 Å². The van der Waals surface area contributed by atoms with Crippen molar-refractivity contribution >= 4 is 5.91 Å². The Morgan fingerprint density at radius 1 is 1.47 bits per heavy atom. The number of rotatable bonds is 6. The molecule has 19 heavy (non-hydrogen) atoms. The summed E-state index contributed by atoms with van der Waals surface area (Å²) in [5.74, 6) is -0.0861. The van der Waals surface area contributed by atoms with Crippen molar-refractivity contribution in [1.82, 2.24) is 20.2 Å². The van der Waals surface area contributed by atoms with Gasteiger partial charge in [-0.1, -0.05) is 13.8 Å². The van der Waals surface area contributed by atoms with E-state index < -0.39 is 18.6 Å². The first-order chi connectivity index (χ1) is 8.78. The van der Waals surface area contributed by atoms with Crippen LogP contribution >= 0.6 is 0 Å². The van der Waals surface area contributed by atoms with Gasteiger partial charge < -0.3 is 15.2 Å². The van der Waals surface area contributed by atoms with Crippen molar-refractivity contribution in [3.8, 4) is 0 Å². The van der Waals surface area contributed by atoms with Gasteiger partial charge in [-0.05, 0) is 0 Å². The Bertz CT molecular complexity index is 414. The van der Waals surface area contributed by atoms with E-state index in [1.54, 1.807) is 6.20 Å². The molecule has 0 bridgehead atoms. The van der Waals surface area contributed by atoms with Gasteiger partial charge in [0.15, 0.2) is 0 Å². The van der Waals surface area contributed by atoms with Gasteiger partial charge in [0.1, 0.15) is 18.9 Å². The number of hydrogen-bond acceptors (Lipinski definition) is 3. The number of imidazole rings is 1. The fourth-order valence-electron chi connectivity index (χ4n) is 1.36. The lowest BCUT2D eigenvalue weighted by Crippen LogP contribution is -2.36. The Balaban J connectivity index is 2.48. The molecule has 0 saturated heterocycles. The second-order valence-corrected chi connectivity index (χ2v) is 4.40. The Labute approximate surface area is 109 Å². The van der Waals surface area contributed by atoms with Crippen LogP contribution in [0.3, 0.4) is 0 Å². The highest BCUT2D eigenvalue weighted by Gasteiger charge is 2.27. The monoisotopic (exact) mass is 278 g/mol. The first kappa shape index (κ1) is 15.5. The highest BCUT2D eigenvalue weighted by molar-refractivity contribution is 5.75. The molecule has 1 amide bonds. The van der Waals surface area contributed by atoms with Gasteiger partial charge in [-0.2, -0.15) is 13.2 Å². The fraction of sp³-hybridized carbons (Fsp3) is 0.636. The van der Waals surface area contributed by atoms with Gasteiger partial charge in [-0.3, -0.25) is 4.79 Å². The molecule has 0 atom stereocenters. The molecule has 0 spiro atoms. The summed E-state index contributed by atoms with van der Waals surface area (Å²) in [6.07, 6.45) is -1.33. The molecule has 5 nitrogen and oxygen atoms in total. The molecule has 1 heterocycles. The number of aromatic nitrogens is 2. The Hall–Kier alpha value is -1.57. The van der Waals surface area contributed by atoms with Gasteiger partial charge in [0.2, 0.25) is 5.91 Å². The van der Waals surface area contributed by atoms with Crippen LogP contribution in [0.25, 0.3) is 0 Å². The van der Waals surface area contributed by atoms with E-state index in [0.29, 0.717) is 12.4 Å². The minimum atomic E-state index is -4.40. The summed E-state index contributed by atoms with van der Waals surface area (Å²) >= 11 is 0. The summed E-state index contributed by atoms with van der Waals surface area (Å²) in [5, 5.41) is 4.94. The number of carbonyl (C=O) groups excluding carboxylic acids is 1. The molecule has 0 aromatic carbocycles. The minimum Gasteiger partial charge on any atom is -0.345 e. The molecule has 0 aliphatic carbocycles. The molecule has 0 aliphatic rings. The Kier molecular flexibility index (Phi) is 5.34. The topological polar surface area (TPSA) is 59.0 Å². The summed E-state index contributed by atoms with van der Waals surface area (Å²) in [6.45, 7) is 2.88. The number of alkyl halides is 3. The van der Waals surface area contributed by atoms with E-state index >= 15 is 0 Å². The lowest BCUT2D eigenvalue weighted by Gasteiger charge is -2.12. The Morgan fingerprint density at radius 2 is 2.16 bits per heavy atom. The van der Waals surface area contributed by atoms with Gasteiger partial charge in [-0.15, -0.1) is 0 Å². The first-order valence-electron chi connectivity index (χ1n) is 5.85. The molecular weight excluding hydrogens is 261 g/mol. The normalized spacial score (nSPS) is 11.9. The predicted octanol–water partition coefficient (Wildman–Crippen LogP) is 1.06. The lowest BCUT2D eigenvalue weighted by molar-refractivity contribution is -0.138. The zero-order valence-corrected chi connectivity index (χ0v) is 10.8. The average molecular weight is 278 g/mol. The van der Waals surface area contributed by atoms with Crippen molar-refractivity contribution < 1.29 is 18.0 Å². The van der Waals surface area contributed by atoms with Crippen molar-refractivity contribution in [2.45, 2.75) is 39.2 Å². The zero-order chi connectivity index (χ0) is 14.5. The maximum atomic E-state index is 11.9. The highest BCUT2D eigenvalue weighted by Crippen LogP contribution is 2.12. The Morgan fingerprint density at radius 3 is 2.74 bits per heavy atom. The molecule has 8 heteroatoms. The van der Waals surface area contributed by atoms with Crippen molar-refractivity contribution in [2.24, 2.45) is 0 Å². The molecular formula is C11H17F3N4O. The number of carbonyl (C=O) groups is 1. The second-order valence-electron chi connectivity index (χ2n) is 4.40. The van der Waals surface area contributed by atoms with Gasteiger partial charge in [-0.25, -0.2) is 4.98 Å². The smallest absolute Gasteiger partial charge is 0.345 e. The summed E-state index contributed by atoms with van der Waals surface area (Å²) in [5.41, 5.74) is 0. The third-order valence-corrected chi connectivity index (χ3v) is 2.27. The van der Waals surface area contributed by atoms with Crippen LogP contribution in [0.5, 0.6) is 0 Å². The highest BCUT2D eigenvalue weighted by atomic mass is 19.4. The largest absolute Gasteiger partial charge is 0.405 e. The van der Waals surface area contributed by atoms with Crippen molar-refractivity contribution in [1.29, 1.82) is 0 Å². The van der Waals surface area contributed by atoms with Crippen LogP contribution in [-0.4, -0.2) is 34.2 Å². The first-order valence-corrected chi connectivity index (χ1v) is 5.85. The van der Waals surface area contributed by atoms with Crippen LogP contribution < -0.4 is 10.6 Å². The van der Waals surface area contributed by atoms with E-state index in [0.717, 1.165) is 0 Å². The van der Waals surface area contributed by atoms with E-state index in [-0.39, 0.29) is 12.6 Å². The maximum Gasteiger partial charge on any atom is 0.405 e. The average Bonchev–Trinajstić information content (AvgIpc) is 2.70. The third-order valence-electron chi connectivity index (χ3n) is 2.27. The standard InChI is InChI=1S/C11H17F3N4O/c1-8(2)16-5-9-15-3-4-18(9)6-10(19)17-7-11(12,13)14/h3-4,8,16H,5-7H2,1-2H3,(H,17,19). The molecule has 0 aliphatic heterocycles. The van der Waals surface area contributed by atoms with E-state index in [1.165, 1.54) is 10.8 Å². The van der Waals surface area contributed by atoms with Crippen LogP contribution in [0.1, 0.15) is 19.7 Å². The van der Waals surface area contributed by atoms with Crippen molar-refractivity contribution in [3.63, 3.8) is 0 Å². The number of amides is 1. The van der Waals surface area contributed by atoms with Crippen LogP contribution in [0.4, 0.5) is 13.2 Å². The van der Waals surface area contributed by atoms with Gasteiger partial charge in [0, 0.05) is 18.4 Å². The van der Waals surface area contributed by atoms with Gasteiger partial charge in [0.25, 0.3) is 0 Å². The van der Waals surface area contributed by atoms with Crippen LogP contribution in [0, 0.1) is 0 Å². The molecule has 1 aromatic heterocycles. The van der Waals surface area contributed by atoms with Gasteiger partial charge in [0.05, 0.1) is 6.54 Å². The van der Waals surface area contributed by atoms with Crippen LogP contribution in [0.15, 0.2) is 12.4 Å². The quantitative estimate of drug-likeness (QED) is 0.818. The van der Waals surface area contributed by atoms with Crippen LogP contribution in [0.2, 0.25) is 0 Å². The molecule has 0 fully saturated rings. The SMILES string of the molecule is CC(C)NCc1nccn1CC(=O)NCC(F)(F)F. The third kappa shape index (κ3) is 6.23. The molecule has 0 unspecified atom stereocenters. The molecule has 0 radical (unpaired) electrons. The van der Waals surface area contributed by atoms with E-state index in [4.69, 9.17) is 0 Å². The molecule has 1 aromatic rings. The fourth-order valence-corrected chi connectivity index (χ4v) is 1.36. The zero-order valence-electron chi connectivity index (χ0n) is 10.8.